The molecule has 0 spiro atoms. The highest BCUT2D eigenvalue weighted by Crippen LogP contribution is 2.44. The third kappa shape index (κ3) is 5.98. The fourth-order valence-corrected chi connectivity index (χ4v) is 7.17. The molecular weight excluding hydrogens is 554 g/mol. The van der Waals surface area contributed by atoms with Crippen molar-refractivity contribution in [2.75, 3.05) is 26.2 Å². The number of aromatic nitrogens is 3. The van der Waals surface area contributed by atoms with E-state index in [-0.39, 0.29) is 51.7 Å². The van der Waals surface area contributed by atoms with Crippen molar-refractivity contribution in [2.45, 2.75) is 55.8 Å². The maximum atomic E-state index is 13.1. The number of rotatable bonds is 7. The number of aryl methyl sites for hydroxylation is 1. The first-order valence-electron chi connectivity index (χ1n) is 11.9. The van der Waals surface area contributed by atoms with Crippen molar-refractivity contribution >= 4 is 39.8 Å². The lowest BCUT2D eigenvalue weighted by molar-refractivity contribution is -0.137. The zero-order valence-corrected chi connectivity index (χ0v) is 22.9. The number of carbonyl (C=O) groups is 1. The fraction of sp³-hybridized carbons (Fsp3) is 0.609. The van der Waals surface area contributed by atoms with Crippen LogP contribution in [0, 0.1) is 5.92 Å². The predicted octanol–water partition coefficient (Wildman–Crippen LogP) is 4.44. The van der Waals surface area contributed by atoms with E-state index in [1.54, 1.807) is 7.05 Å². The van der Waals surface area contributed by atoms with Gasteiger partial charge in [0.2, 0.25) is 5.03 Å². The first-order valence-corrected chi connectivity index (χ1v) is 13.7. The number of Topliss-reactive ketones (excluding diaryl/α,β-unsaturated/α-hetero) is 1. The van der Waals surface area contributed by atoms with Crippen LogP contribution in [0.3, 0.4) is 0 Å². The Morgan fingerprint density at radius 1 is 1.16 bits per heavy atom. The van der Waals surface area contributed by atoms with Gasteiger partial charge in [-0.25, -0.2) is 8.42 Å². The summed E-state index contributed by atoms with van der Waals surface area (Å²) in [6.07, 6.45) is 0.728. The smallest absolute Gasteiger partial charge is 0.295 e. The number of hydrogen-bond acceptors (Lipinski definition) is 6. The average molecular weight is 584 g/mol. The highest BCUT2D eigenvalue weighted by molar-refractivity contribution is 7.89. The highest BCUT2D eigenvalue weighted by Gasteiger charge is 2.46. The molecule has 37 heavy (non-hydrogen) atoms. The number of ketones is 1. The summed E-state index contributed by atoms with van der Waals surface area (Å²) in [5.74, 6) is -0.384. The van der Waals surface area contributed by atoms with Crippen LogP contribution in [0.5, 0.6) is 0 Å². The van der Waals surface area contributed by atoms with Crippen LogP contribution >= 0.6 is 24.0 Å². The third-order valence-electron chi connectivity index (χ3n) is 7.53. The van der Waals surface area contributed by atoms with E-state index < -0.39 is 21.8 Å². The van der Waals surface area contributed by atoms with Crippen molar-refractivity contribution in [1.29, 1.82) is 0 Å². The number of nitrogens with zero attached hydrogens (tertiary/aromatic N) is 5. The number of sulfonamides is 1. The van der Waals surface area contributed by atoms with Gasteiger partial charge < -0.3 is 0 Å². The van der Waals surface area contributed by atoms with Crippen LogP contribution in [0.15, 0.2) is 29.4 Å². The van der Waals surface area contributed by atoms with Gasteiger partial charge in [-0.05, 0) is 37.0 Å². The van der Waals surface area contributed by atoms with Crippen molar-refractivity contribution in [3.8, 4) is 0 Å². The zero-order chi connectivity index (χ0) is 26.3. The molecule has 0 radical (unpaired) electrons. The largest absolute Gasteiger partial charge is 0.416 e. The maximum absolute atomic E-state index is 13.1. The van der Waals surface area contributed by atoms with E-state index in [0.29, 0.717) is 26.2 Å². The molecule has 2 heterocycles. The standard InChI is InChI=1S/C23H29ClF3N5O3S.ClH/c1-16(13-20(33)18-6-5-17(14-19(18)24)23(25,26)27)22(7-3-4-8-22)31-9-11-32(12-10-31)36(34,35)21-15-30(2)29-28-21;/h5-6,14-16H,3-4,7-13H2,1-2H3;1H. The van der Waals surface area contributed by atoms with Gasteiger partial charge in [0.1, 0.15) is 0 Å². The Morgan fingerprint density at radius 2 is 1.78 bits per heavy atom. The molecule has 1 atom stereocenters. The van der Waals surface area contributed by atoms with E-state index in [9.17, 15) is 26.4 Å². The van der Waals surface area contributed by atoms with Gasteiger partial charge in [-0.2, -0.15) is 17.5 Å². The first-order chi connectivity index (χ1) is 16.8. The molecule has 1 aromatic carbocycles. The van der Waals surface area contributed by atoms with Crippen LogP contribution in [0.1, 0.15) is 54.9 Å². The van der Waals surface area contributed by atoms with Gasteiger partial charge in [-0.1, -0.05) is 36.6 Å². The van der Waals surface area contributed by atoms with Crippen molar-refractivity contribution in [1.82, 2.24) is 24.2 Å². The van der Waals surface area contributed by atoms with Gasteiger partial charge in [0, 0.05) is 50.7 Å². The average Bonchev–Trinajstić information content (AvgIpc) is 3.49. The third-order valence-corrected chi connectivity index (χ3v) is 9.60. The Kier molecular flexibility index (Phi) is 9.00. The molecule has 1 aliphatic heterocycles. The number of hydrogen-bond donors (Lipinski definition) is 0. The van der Waals surface area contributed by atoms with Gasteiger partial charge in [-0.15, -0.1) is 17.5 Å². The summed E-state index contributed by atoms with van der Waals surface area (Å²) in [5.41, 5.74) is -1.08. The molecule has 4 rings (SSSR count). The lowest BCUT2D eigenvalue weighted by atomic mass is 9.78. The summed E-state index contributed by atoms with van der Waals surface area (Å²) in [5, 5.41) is 7.18. The van der Waals surface area contributed by atoms with Crippen LogP contribution in [-0.4, -0.2) is 70.1 Å². The Bertz CT molecular complexity index is 1220. The van der Waals surface area contributed by atoms with Crippen LogP contribution < -0.4 is 0 Å². The minimum Gasteiger partial charge on any atom is -0.295 e. The van der Waals surface area contributed by atoms with E-state index in [2.05, 4.69) is 15.2 Å². The van der Waals surface area contributed by atoms with Crippen molar-refractivity contribution < 1.29 is 26.4 Å². The molecule has 14 heteroatoms. The zero-order valence-electron chi connectivity index (χ0n) is 20.5. The Morgan fingerprint density at radius 3 is 2.30 bits per heavy atom. The van der Waals surface area contributed by atoms with Crippen LogP contribution in [0.2, 0.25) is 5.02 Å². The second-order valence-electron chi connectivity index (χ2n) is 9.65. The molecule has 1 aliphatic carbocycles. The van der Waals surface area contributed by atoms with Crippen LogP contribution in [0.25, 0.3) is 0 Å². The predicted molar refractivity (Wildman–Crippen MR) is 134 cm³/mol. The number of carbonyl (C=O) groups excluding carboxylic acids is 1. The summed E-state index contributed by atoms with van der Waals surface area (Å²) >= 11 is 6.06. The molecule has 0 bridgehead atoms. The summed E-state index contributed by atoms with van der Waals surface area (Å²) in [7, 11) is -2.13. The normalized spacial score (nSPS) is 19.9. The number of piperazine rings is 1. The van der Waals surface area contributed by atoms with E-state index >= 15 is 0 Å². The second kappa shape index (κ2) is 11.2. The van der Waals surface area contributed by atoms with Crippen molar-refractivity contribution in [3.63, 3.8) is 0 Å². The Balaban J connectivity index is 0.00000380. The molecule has 1 saturated carbocycles. The summed E-state index contributed by atoms with van der Waals surface area (Å²) in [6, 6.07) is 2.82. The van der Waals surface area contributed by atoms with E-state index in [0.717, 1.165) is 43.9 Å². The van der Waals surface area contributed by atoms with Crippen LogP contribution in [-0.2, 0) is 23.2 Å². The Hall–Kier alpha value is -1.73. The molecule has 0 N–H and O–H groups in total. The summed E-state index contributed by atoms with van der Waals surface area (Å²) < 4.78 is 67.5. The molecule has 0 amide bonds. The van der Waals surface area contributed by atoms with Gasteiger partial charge >= 0.3 is 6.18 Å². The summed E-state index contributed by atoms with van der Waals surface area (Å²) in [4.78, 5) is 15.4. The van der Waals surface area contributed by atoms with Gasteiger partial charge in [-0.3, -0.25) is 14.4 Å². The Labute approximate surface area is 225 Å². The van der Waals surface area contributed by atoms with E-state index in [1.807, 2.05) is 6.92 Å². The molecule has 2 aliphatic rings. The van der Waals surface area contributed by atoms with Crippen LogP contribution in [0.4, 0.5) is 13.2 Å². The molecule has 2 fully saturated rings. The molecule has 1 aromatic heterocycles. The quantitative estimate of drug-likeness (QED) is 0.448. The minimum atomic E-state index is -4.53. The molecule has 1 saturated heterocycles. The fourth-order valence-electron chi connectivity index (χ4n) is 5.55. The molecule has 1 unspecified atom stereocenters. The molecule has 2 aromatic rings. The summed E-state index contributed by atoms with van der Waals surface area (Å²) in [6.45, 7) is 3.61. The maximum Gasteiger partial charge on any atom is 0.416 e. The van der Waals surface area contributed by atoms with Gasteiger partial charge in [0.15, 0.2) is 5.78 Å². The first kappa shape index (κ1) is 29.8. The second-order valence-corrected chi connectivity index (χ2v) is 11.9. The highest BCUT2D eigenvalue weighted by atomic mass is 35.5. The van der Waals surface area contributed by atoms with Crippen molar-refractivity contribution in [2.24, 2.45) is 13.0 Å². The number of halogens is 5. The molecular formula is C23H30Cl2F3N5O3S. The van der Waals surface area contributed by atoms with Gasteiger partial charge in [0.25, 0.3) is 10.0 Å². The van der Waals surface area contributed by atoms with Gasteiger partial charge in [0.05, 0.1) is 16.8 Å². The lowest BCUT2D eigenvalue weighted by Crippen LogP contribution is -2.59. The number of benzene rings is 1. The van der Waals surface area contributed by atoms with E-state index in [4.69, 9.17) is 11.6 Å². The topological polar surface area (TPSA) is 88.4 Å². The lowest BCUT2D eigenvalue weighted by Gasteiger charge is -2.49. The molecule has 8 nitrogen and oxygen atoms in total. The SMILES string of the molecule is CC(CC(=O)c1ccc(C(F)(F)F)cc1Cl)C1(N2CCN(S(=O)(=O)c3cn(C)nn3)CC2)CCCC1.Cl. The monoisotopic (exact) mass is 583 g/mol. The minimum absolute atomic E-state index is 0. The molecule has 206 valence electrons. The van der Waals surface area contributed by atoms with Crippen molar-refractivity contribution in [3.05, 3.63) is 40.5 Å². The van der Waals surface area contributed by atoms with E-state index in [1.165, 1.54) is 15.2 Å². The number of alkyl halides is 3.